The van der Waals surface area contributed by atoms with E-state index in [2.05, 4.69) is 34.5 Å². The molecule has 1 saturated heterocycles. The third kappa shape index (κ3) is 3.53. The third-order valence-corrected chi connectivity index (χ3v) is 4.74. The first-order chi connectivity index (χ1) is 9.81. The lowest BCUT2D eigenvalue weighted by molar-refractivity contribution is 0.331. The number of likely N-dealkylation sites (tertiary alicyclic amines) is 1. The van der Waals surface area contributed by atoms with Gasteiger partial charge in [-0.2, -0.15) is 0 Å². The van der Waals surface area contributed by atoms with Crippen LogP contribution in [0.4, 0.5) is 5.69 Å². The average molecular weight is 273 g/mol. The van der Waals surface area contributed by atoms with E-state index in [9.17, 15) is 0 Å². The normalized spacial score (nSPS) is 27.6. The quantitative estimate of drug-likeness (QED) is 0.886. The first kappa shape index (κ1) is 13.9. The second-order valence-corrected chi connectivity index (χ2v) is 6.40. The van der Waals surface area contributed by atoms with Crippen LogP contribution in [0.25, 0.3) is 0 Å². The molecule has 1 aliphatic heterocycles. The second kappa shape index (κ2) is 6.59. The van der Waals surface area contributed by atoms with E-state index in [-0.39, 0.29) is 0 Å². The van der Waals surface area contributed by atoms with Crippen molar-refractivity contribution in [3.8, 4) is 0 Å². The Kier molecular flexibility index (Phi) is 4.58. The fraction of sp³-hybridized carbons (Fsp3) is 0.647. The summed E-state index contributed by atoms with van der Waals surface area (Å²) < 4.78 is 0. The van der Waals surface area contributed by atoms with Crippen molar-refractivity contribution in [1.29, 1.82) is 0 Å². The van der Waals surface area contributed by atoms with Crippen molar-refractivity contribution in [2.24, 2.45) is 5.73 Å². The van der Waals surface area contributed by atoms with Gasteiger partial charge in [-0.3, -0.25) is 4.90 Å². The minimum absolute atomic E-state index is 0.424. The zero-order chi connectivity index (χ0) is 13.8. The maximum Gasteiger partial charge on any atom is 0.0388 e. The zero-order valence-corrected chi connectivity index (χ0v) is 12.4. The Morgan fingerprint density at radius 3 is 2.50 bits per heavy atom. The predicted molar refractivity (Wildman–Crippen MR) is 84.8 cm³/mol. The third-order valence-electron chi connectivity index (χ3n) is 4.74. The summed E-state index contributed by atoms with van der Waals surface area (Å²) in [6.45, 7) is 3.61. The van der Waals surface area contributed by atoms with Gasteiger partial charge in [0.2, 0.25) is 0 Å². The summed E-state index contributed by atoms with van der Waals surface area (Å²) in [5, 5.41) is 3.76. The number of hydrogen-bond acceptors (Lipinski definition) is 3. The maximum absolute atomic E-state index is 5.99. The predicted octanol–water partition coefficient (Wildman–Crippen LogP) is 2.96. The number of hydrogen-bond donors (Lipinski definition) is 2. The molecule has 3 nitrogen and oxygen atoms in total. The number of nitrogens with zero attached hydrogens (tertiary/aromatic N) is 1. The summed E-state index contributed by atoms with van der Waals surface area (Å²) in [5.41, 5.74) is 8.78. The average Bonchev–Trinajstić information content (AvgIpc) is 2.96. The minimum Gasteiger partial charge on any atom is -0.382 e. The van der Waals surface area contributed by atoms with Crippen molar-refractivity contribution in [2.45, 2.75) is 57.2 Å². The Hall–Kier alpha value is -1.06. The summed E-state index contributed by atoms with van der Waals surface area (Å²) in [7, 11) is 0. The minimum atomic E-state index is 0.424. The monoisotopic (exact) mass is 273 g/mol. The van der Waals surface area contributed by atoms with E-state index in [1.807, 2.05) is 0 Å². The van der Waals surface area contributed by atoms with Gasteiger partial charge in [0.25, 0.3) is 0 Å². The van der Waals surface area contributed by atoms with Crippen LogP contribution in [0.5, 0.6) is 0 Å². The lowest BCUT2D eigenvalue weighted by Gasteiger charge is -2.29. The number of nitrogens with one attached hydrogen (secondary N) is 1. The molecule has 0 radical (unpaired) electrons. The zero-order valence-electron chi connectivity index (χ0n) is 12.4. The van der Waals surface area contributed by atoms with Crippen LogP contribution in [0.3, 0.4) is 0 Å². The molecule has 3 rings (SSSR count). The van der Waals surface area contributed by atoms with Crippen molar-refractivity contribution >= 4 is 5.69 Å². The van der Waals surface area contributed by atoms with Crippen LogP contribution in [-0.4, -0.2) is 30.1 Å². The highest BCUT2D eigenvalue weighted by Gasteiger charge is 2.19. The van der Waals surface area contributed by atoms with E-state index in [0.717, 1.165) is 19.4 Å². The highest BCUT2D eigenvalue weighted by atomic mass is 15.1. The lowest BCUT2D eigenvalue weighted by atomic mass is 9.91. The van der Waals surface area contributed by atoms with Crippen LogP contribution < -0.4 is 11.1 Å². The van der Waals surface area contributed by atoms with Gasteiger partial charge in [0.05, 0.1) is 0 Å². The van der Waals surface area contributed by atoms with Gasteiger partial charge in [-0.25, -0.2) is 0 Å². The Morgan fingerprint density at radius 1 is 1.05 bits per heavy atom. The Morgan fingerprint density at radius 2 is 1.75 bits per heavy atom. The van der Waals surface area contributed by atoms with Gasteiger partial charge in [-0.1, -0.05) is 18.2 Å². The van der Waals surface area contributed by atoms with Crippen LogP contribution in [0.2, 0.25) is 0 Å². The molecular weight excluding hydrogens is 246 g/mol. The van der Waals surface area contributed by atoms with Crippen molar-refractivity contribution in [3.05, 3.63) is 29.8 Å². The molecule has 20 heavy (non-hydrogen) atoms. The molecule has 0 bridgehead atoms. The molecule has 3 N–H and O–H groups in total. The molecule has 0 spiro atoms. The summed E-state index contributed by atoms with van der Waals surface area (Å²) in [5.74, 6) is 0. The summed E-state index contributed by atoms with van der Waals surface area (Å²) >= 11 is 0. The summed E-state index contributed by atoms with van der Waals surface area (Å²) in [6.07, 6.45) is 7.45. The van der Waals surface area contributed by atoms with Crippen LogP contribution >= 0.6 is 0 Å². The first-order valence-electron chi connectivity index (χ1n) is 8.13. The van der Waals surface area contributed by atoms with Gasteiger partial charge >= 0.3 is 0 Å². The second-order valence-electron chi connectivity index (χ2n) is 6.40. The van der Waals surface area contributed by atoms with Crippen LogP contribution in [0.15, 0.2) is 24.3 Å². The summed E-state index contributed by atoms with van der Waals surface area (Å²) in [6, 6.07) is 9.84. The maximum atomic E-state index is 5.99. The van der Waals surface area contributed by atoms with E-state index in [1.165, 1.54) is 50.0 Å². The van der Waals surface area contributed by atoms with Crippen molar-refractivity contribution in [3.63, 3.8) is 0 Å². The van der Waals surface area contributed by atoms with E-state index >= 15 is 0 Å². The molecule has 0 unspecified atom stereocenters. The lowest BCUT2D eigenvalue weighted by Crippen LogP contribution is -2.33. The van der Waals surface area contributed by atoms with Crippen LogP contribution in [0, 0.1) is 0 Å². The molecule has 2 fully saturated rings. The largest absolute Gasteiger partial charge is 0.382 e. The highest BCUT2D eigenvalue weighted by Crippen LogP contribution is 2.25. The molecule has 1 aromatic carbocycles. The molecule has 0 amide bonds. The number of anilines is 1. The number of rotatable bonds is 4. The van der Waals surface area contributed by atoms with E-state index < -0.39 is 0 Å². The SMILES string of the molecule is NC1CCC(Nc2ccccc2CN2CCCC2)CC1. The molecule has 1 aromatic rings. The summed E-state index contributed by atoms with van der Waals surface area (Å²) in [4.78, 5) is 2.57. The Bertz CT molecular complexity index is 418. The number of nitrogens with two attached hydrogens (primary N) is 1. The van der Waals surface area contributed by atoms with E-state index in [0.29, 0.717) is 12.1 Å². The van der Waals surface area contributed by atoms with Gasteiger partial charge in [-0.15, -0.1) is 0 Å². The topological polar surface area (TPSA) is 41.3 Å². The molecule has 0 aromatic heterocycles. The smallest absolute Gasteiger partial charge is 0.0388 e. The number of para-hydroxylation sites is 1. The fourth-order valence-corrected chi connectivity index (χ4v) is 3.46. The molecular formula is C17H27N3. The molecule has 3 heteroatoms. The van der Waals surface area contributed by atoms with Crippen LogP contribution in [0.1, 0.15) is 44.1 Å². The molecule has 1 heterocycles. The molecule has 0 atom stereocenters. The van der Waals surface area contributed by atoms with E-state index in [4.69, 9.17) is 5.73 Å². The molecule has 2 aliphatic rings. The van der Waals surface area contributed by atoms with Gasteiger partial charge in [-0.05, 0) is 63.2 Å². The van der Waals surface area contributed by atoms with Gasteiger partial charge in [0.15, 0.2) is 0 Å². The first-order valence-corrected chi connectivity index (χ1v) is 8.13. The standard InChI is InChI=1S/C17H27N3/c18-15-7-9-16(10-8-15)19-17-6-2-1-5-14(17)13-20-11-3-4-12-20/h1-2,5-6,15-16,19H,3-4,7-13,18H2. The Labute approximate surface area is 122 Å². The van der Waals surface area contributed by atoms with Crippen molar-refractivity contribution in [1.82, 2.24) is 4.90 Å². The van der Waals surface area contributed by atoms with Crippen LogP contribution in [-0.2, 0) is 6.54 Å². The van der Waals surface area contributed by atoms with Crippen molar-refractivity contribution < 1.29 is 0 Å². The highest BCUT2D eigenvalue weighted by molar-refractivity contribution is 5.51. The fourth-order valence-electron chi connectivity index (χ4n) is 3.46. The van der Waals surface area contributed by atoms with Gasteiger partial charge < -0.3 is 11.1 Å². The van der Waals surface area contributed by atoms with E-state index in [1.54, 1.807) is 0 Å². The molecule has 1 saturated carbocycles. The molecule has 1 aliphatic carbocycles. The molecule has 110 valence electrons. The Balaban J connectivity index is 1.63. The number of benzene rings is 1. The van der Waals surface area contributed by atoms with Gasteiger partial charge in [0.1, 0.15) is 0 Å². The van der Waals surface area contributed by atoms with Crippen molar-refractivity contribution in [2.75, 3.05) is 18.4 Å². The van der Waals surface area contributed by atoms with Gasteiger partial charge in [0, 0.05) is 24.3 Å².